The van der Waals surface area contributed by atoms with Crippen molar-refractivity contribution in [2.45, 2.75) is 101 Å². The fourth-order valence-electron chi connectivity index (χ4n) is 9.94. The van der Waals surface area contributed by atoms with Crippen molar-refractivity contribution in [1.29, 1.82) is 0 Å². The number of benzene rings is 3. The quantitative estimate of drug-likeness (QED) is 0.120. The second-order valence-corrected chi connectivity index (χ2v) is 16.8. The van der Waals surface area contributed by atoms with Gasteiger partial charge in [0.1, 0.15) is 30.0 Å². The number of ketones is 1. The molecule has 2 saturated carbocycles. The number of carbonyl (C=O) groups is 5. The molecular weight excluding hydrogens is 762 g/mol. The summed E-state index contributed by atoms with van der Waals surface area (Å²) in [5.41, 5.74) is -6.86. The van der Waals surface area contributed by atoms with Gasteiger partial charge in [-0.1, -0.05) is 80.6 Å². The summed E-state index contributed by atoms with van der Waals surface area (Å²) >= 11 is 0. The first kappa shape index (κ1) is 41.9. The minimum absolute atomic E-state index is 0.0540. The number of nitrogens with one attached hydrogen (secondary N) is 1. The average Bonchev–Trinajstić information content (AvgIpc) is 3.21. The smallest absolute Gasteiger partial charge is 0.338 e. The Morgan fingerprint density at radius 2 is 1.44 bits per heavy atom. The van der Waals surface area contributed by atoms with Crippen LogP contribution in [0.25, 0.3) is 0 Å². The first-order chi connectivity index (χ1) is 27.9. The second kappa shape index (κ2) is 15.4. The summed E-state index contributed by atoms with van der Waals surface area (Å²) in [6.07, 6.45) is -10.5. The number of hydrogen-bond donors (Lipinski definition) is 5. The highest BCUT2D eigenvalue weighted by Crippen LogP contribution is 2.64. The van der Waals surface area contributed by atoms with Crippen molar-refractivity contribution in [3.63, 3.8) is 0 Å². The summed E-state index contributed by atoms with van der Waals surface area (Å²) in [5.74, 6) is -5.89. The van der Waals surface area contributed by atoms with Crippen LogP contribution in [0.15, 0.2) is 102 Å². The predicted octanol–water partition coefficient (Wildman–Crippen LogP) is 3.16. The van der Waals surface area contributed by atoms with Crippen molar-refractivity contribution in [2.75, 3.05) is 6.61 Å². The highest BCUT2D eigenvalue weighted by Gasteiger charge is 2.78. The molecular formula is C45H49NO13. The maximum atomic E-state index is 15.0. The normalized spacial score (nSPS) is 33.0. The minimum Gasteiger partial charge on any atom is -0.456 e. The molecule has 5 N–H and O–H groups in total. The van der Waals surface area contributed by atoms with E-state index in [2.05, 4.69) is 5.32 Å². The molecule has 3 aliphatic carbocycles. The molecule has 4 aliphatic rings. The third-order valence-corrected chi connectivity index (χ3v) is 13.2. The second-order valence-electron chi connectivity index (χ2n) is 16.8. The maximum absolute atomic E-state index is 15.0. The molecule has 1 aliphatic heterocycles. The number of amides is 1. The van der Waals surface area contributed by atoms with Crippen LogP contribution in [0.3, 0.4) is 0 Å². The van der Waals surface area contributed by atoms with Crippen molar-refractivity contribution in [2.24, 2.45) is 16.7 Å². The van der Waals surface area contributed by atoms with Crippen LogP contribution in [0.1, 0.15) is 79.8 Å². The van der Waals surface area contributed by atoms with E-state index in [1.54, 1.807) is 92.7 Å². The molecule has 7 rings (SSSR count). The zero-order chi connectivity index (χ0) is 42.7. The Kier molecular flexibility index (Phi) is 10.9. The van der Waals surface area contributed by atoms with Crippen molar-refractivity contribution in [1.82, 2.24) is 5.32 Å². The lowest BCUT2D eigenvalue weighted by Gasteiger charge is -2.67. The van der Waals surface area contributed by atoms with Crippen molar-refractivity contribution in [3.05, 3.63) is 119 Å². The van der Waals surface area contributed by atoms with E-state index in [0.717, 1.165) is 6.92 Å². The van der Waals surface area contributed by atoms with E-state index >= 15 is 0 Å². The minimum atomic E-state index is -2.35. The number of Topliss-reactive ketones (excluding diaryl/α,β-unsaturated/α-hetero) is 1. The molecule has 11 atom stereocenters. The Labute approximate surface area is 341 Å². The van der Waals surface area contributed by atoms with Crippen LogP contribution in [-0.4, -0.2) is 104 Å². The van der Waals surface area contributed by atoms with Gasteiger partial charge in [0.2, 0.25) is 0 Å². The Hall–Kier alpha value is -5.25. The molecule has 3 fully saturated rings. The molecule has 14 nitrogen and oxygen atoms in total. The highest BCUT2D eigenvalue weighted by atomic mass is 16.6. The lowest BCUT2D eigenvalue weighted by atomic mass is 9.44. The molecule has 59 heavy (non-hydrogen) atoms. The predicted molar refractivity (Wildman–Crippen MR) is 208 cm³/mol. The summed E-state index contributed by atoms with van der Waals surface area (Å²) in [6.45, 7) is 6.89. The molecule has 3 aromatic rings. The maximum Gasteiger partial charge on any atom is 0.338 e. The van der Waals surface area contributed by atoms with Gasteiger partial charge in [0.15, 0.2) is 17.5 Å². The summed E-state index contributed by atoms with van der Waals surface area (Å²) in [5, 5.41) is 51.9. The summed E-state index contributed by atoms with van der Waals surface area (Å²) < 4.78 is 24.2. The molecule has 2 bridgehead atoms. The standard InChI is InChI=1S/C45H49NO13/c1-24-29(57-41(54)35(50)33(26-15-9-6-10-16-26)46-39(52)27-17-11-7-12-18-27)22-45(55)38(58-40(53)28-19-13-8-14-20-28)36-43(5,37(51)34(49)32(24)42(45,3)4)30(48)21-31-44(36,23-56-31)59-25(2)47/h6-20,29-31,33-36,38,48-50,55H,21-23H2,1-5H3,(H,46,52)/t29-,30+,31?,33-,34+,35+,36?,38-,43+,44-,45+/m0/s1. The fourth-order valence-corrected chi connectivity index (χ4v) is 9.94. The summed E-state index contributed by atoms with van der Waals surface area (Å²) in [4.78, 5) is 69.5. The fraction of sp³-hybridized carbons (Fsp3) is 0.444. The van der Waals surface area contributed by atoms with Gasteiger partial charge < -0.3 is 44.7 Å². The first-order valence-electron chi connectivity index (χ1n) is 19.6. The van der Waals surface area contributed by atoms with Gasteiger partial charge in [-0.3, -0.25) is 14.4 Å². The van der Waals surface area contributed by atoms with E-state index in [0.29, 0.717) is 5.56 Å². The Morgan fingerprint density at radius 1 is 0.864 bits per heavy atom. The largest absolute Gasteiger partial charge is 0.456 e. The molecule has 1 amide bonds. The molecule has 1 heterocycles. The third-order valence-electron chi connectivity index (χ3n) is 13.2. The molecule has 0 aromatic heterocycles. The molecule has 14 heteroatoms. The van der Waals surface area contributed by atoms with Crippen LogP contribution in [0.2, 0.25) is 0 Å². The van der Waals surface area contributed by atoms with Crippen molar-refractivity contribution >= 4 is 29.6 Å². The van der Waals surface area contributed by atoms with E-state index in [1.807, 2.05) is 0 Å². The Bertz CT molecular complexity index is 2160. The average molecular weight is 812 g/mol. The lowest BCUT2D eigenvalue weighted by molar-refractivity contribution is -0.346. The Morgan fingerprint density at radius 3 is 2.00 bits per heavy atom. The number of ether oxygens (including phenoxy) is 4. The van der Waals surface area contributed by atoms with Gasteiger partial charge in [0, 0.05) is 30.7 Å². The van der Waals surface area contributed by atoms with Crippen LogP contribution in [0.4, 0.5) is 0 Å². The number of aliphatic hydroxyl groups is 4. The zero-order valence-corrected chi connectivity index (χ0v) is 33.4. The van der Waals surface area contributed by atoms with Gasteiger partial charge in [-0.05, 0) is 54.8 Å². The molecule has 312 valence electrons. The monoisotopic (exact) mass is 811 g/mol. The van der Waals surface area contributed by atoms with E-state index in [1.165, 1.54) is 26.0 Å². The molecule has 0 radical (unpaired) electrons. The number of aliphatic hydroxyl groups excluding tert-OH is 3. The van der Waals surface area contributed by atoms with Crippen molar-refractivity contribution in [3.8, 4) is 0 Å². The third kappa shape index (κ3) is 6.76. The topological polar surface area (TPSA) is 215 Å². The lowest BCUT2D eigenvalue weighted by Crippen LogP contribution is -2.81. The van der Waals surface area contributed by atoms with Crippen LogP contribution < -0.4 is 5.32 Å². The van der Waals surface area contributed by atoms with Gasteiger partial charge in [0.05, 0.1) is 35.6 Å². The molecule has 2 unspecified atom stereocenters. The molecule has 3 aromatic carbocycles. The summed E-state index contributed by atoms with van der Waals surface area (Å²) in [7, 11) is 0. The van der Waals surface area contributed by atoms with E-state index < -0.39 is 107 Å². The van der Waals surface area contributed by atoms with Gasteiger partial charge in [-0.15, -0.1) is 0 Å². The van der Waals surface area contributed by atoms with Crippen LogP contribution in [0.5, 0.6) is 0 Å². The van der Waals surface area contributed by atoms with E-state index in [9.17, 15) is 44.4 Å². The van der Waals surface area contributed by atoms with Gasteiger partial charge >= 0.3 is 17.9 Å². The van der Waals surface area contributed by atoms with Gasteiger partial charge in [-0.25, -0.2) is 9.59 Å². The van der Waals surface area contributed by atoms with E-state index in [4.69, 9.17) is 18.9 Å². The van der Waals surface area contributed by atoms with E-state index in [-0.39, 0.29) is 35.3 Å². The number of hydrogen-bond acceptors (Lipinski definition) is 13. The molecule has 1 saturated heterocycles. The first-order valence-corrected chi connectivity index (χ1v) is 19.6. The number of esters is 3. The number of fused-ring (bicyclic) bond motifs is 5. The van der Waals surface area contributed by atoms with Crippen LogP contribution in [-0.2, 0) is 33.3 Å². The van der Waals surface area contributed by atoms with Crippen molar-refractivity contribution < 1.29 is 63.3 Å². The Balaban J connectivity index is 1.34. The number of rotatable bonds is 9. The highest BCUT2D eigenvalue weighted by molar-refractivity contribution is 5.95. The SMILES string of the molecule is CC(=O)O[C@@]12COC1C[C@@H](O)[C@@]1(C)C(=O)[C@H](O)C3=C(C)[C@@H](OC(=O)[C@H](O)[C@@H](NC(=O)c4ccccc4)c4ccccc4)C[C@@](O)([C@@H](OC(=O)c4ccccc4)C21)C3(C)C. The van der Waals surface area contributed by atoms with Gasteiger partial charge in [0.25, 0.3) is 5.91 Å². The van der Waals surface area contributed by atoms with Gasteiger partial charge in [-0.2, -0.15) is 0 Å². The summed E-state index contributed by atoms with van der Waals surface area (Å²) in [6, 6.07) is 23.1. The molecule has 0 spiro atoms. The zero-order valence-electron chi connectivity index (χ0n) is 33.4. The van der Waals surface area contributed by atoms with Crippen LogP contribution in [0, 0.1) is 16.7 Å². The number of carbonyl (C=O) groups excluding carboxylic acids is 5. The van der Waals surface area contributed by atoms with Crippen LogP contribution >= 0.6 is 0 Å².